The number of likely N-dealkylation sites (tertiary alicyclic amines) is 1. The van der Waals surface area contributed by atoms with Crippen LogP contribution in [-0.2, 0) is 17.9 Å². The molecule has 2 aliphatic rings. The van der Waals surface area contributed by atoms with E-state index in [1.54, 1.807) is 0 Å². The number of carbonyl (C=O) groups is 1. The summed E-state index contributed by atoms with van der Waals surface area (Å²) in [5.74, 6) is 1.27. The van der Waals surface area contributed by atoms with Crippen LogP contribution in [0.15, 0.2) is 78.9 Å². The molecule has 0 radical (unpaired) electrons. The highest BCUT2D eigenvalue weighted by Crippen LogP contribution is 2.43. The monoisotopic (exact) mass is 565 g/mol. The Morgan fingerprint density at radius 2 is 1.81 bits per heavy atom. The van der Waals surface area contributed by atoms with Gasteiger partial charge in [0.05, 0.1) is 6.10 Å². The number of ether oxygens (including phenoxy) is 1. The van der Waals surface area contributed by atoms with Crippen molar-refractivity contribution in [1.29, 1.82) is 0 Å². The lowest BCUT2D eigenvalue weighted by Gasteiger charge is -2.28. The van der Waals surface area contributed by atoms with Crippen LogP contribution in [0.1, 0.15) is 79.7 Å². The van der Waals surface area contributed by atoms with Crippen molar-refractivity contribution in [3.63, 3.8) is 0 Å². The van der Waals surface area contributed by atoms with Gasteiger partial charge in [-0.2, -0.15) is 0 Å². The summed E-state index contributed by atoms with van der Waals surface area (Å²) in [6, 6.07) is 25.8. The molecule has 1 saturated heterocycles. The van der Waals surface area contributed by atoms with Crippen molar-refractivity contribution >= 4 is 11.5 Å². The average molecular weight is 566 g/mol. The summed E-state index contributed by atoms with van der Waals surface area (Å²) in [6.07, 6.45) is 7.71. The first-order valence-electron chi connectivity index (χ1n) is 15.8. The molecule has 1 aliphatic carbocycles. The number of benzene rings is 3. The van der Waals surface area contributed by atoms with Gasteiger partial charge in [-0.05, 0) is 81.7 Å². The molecule has 3 aromatic rings. The number of amides is 1. The summed E-state index contributed by atoms with van der Waals surface area (Å²) in [6.45, 7) is 11.1. The maximum absolute atomic E-state index is 13.4. The van der Waals surface area contributed by atoms with Gasteiger partial charge >= 0.3 is 0 Å². The second-order valence-corrected chi connectivity index (χ2v) is 12.3. The predicted octanol–water partition coefficient (Wildman–Crippen LogP) is 7.00. The molecule has 5 heteroatoms. The standard InChI is InChI=1S/C37H47N3O2/c1-27(2)42-35-17-10-16-33-34(37(41)39-24-30-14-9-11-28(3)23-30)19-18-31(36(33)35)15-7-8-21-38-32-20-22-40(26-32)25-29-12-5-4-6-13-29/h4-6,9-14,16-17,19,23,27,31-32,38H,7-8,15,18,20-22,24-26H2,1-3H3,(H,39,41). The molecule has 222 valence electrons. The van der Waals surface area contributed by atoms with Crippen LogP contribution in [0.3, 0.4) is 0 Å². The first-order chi connectivity index (χ1) is 20.5. The Morgan fingerprint density at radius 3 is 2.62 bits per heavy atom. The molecular formula is C37H47N3O2. The second-order valence-electron chi connectivity index (χ2n) is 12.3. The van der Waals surface area contributed by atoms with Crippen molar-refractivity contribution in [2.24, 2.45) is 0 Å². The van der Waals surface area contributed by atoms with Crippen LogP contribution in [0.25, 0.3) is 5.57 Å². The first-order valence-corrected chi connectivity index (χ1v) is 15.8. The molecular weight excluding hydrogens is 518 g/mol. The van der Waals surface area contributed by atoms with Gasteiger partial charge in [0.2, 0.25) is 0 Å². The van der Waals surface area contributed by atoms with Gasteiger partial charge in [-0.1, -0.05) is 84.8 Å². The van der Waals surface area contributed by atoms with E-state index in [1.165, 1.54) is 23.1 Å². The highest BCUT2D eigenvalue weighted by atomic mass is 16.5. The number of rotatable bonds is 13. The van der Waals surface area contributed by atoms with Gasteiger partial charge in [0.1, 0.15) is 5.75 Å². The number of aryl methyl sites for hydroxylation is 1. The molecule has 2 N–H and O–H groups in total. The highest BCUT2D eigenvalue weighted by Gasteiger charge is 2.28. The summed E-state index contributed by atoms with van der Waals surface area (Å²) < 4.78 is 6.29. The second kappa shape index (κ2) is 14.7. The number of fused-ring (bicyclic) bond motifs is 1. The summed E-state index contributed by atoms with van der Waals surface area (Å²) in [5, 5.41) is 6.97. The van der Waals surface area contributed by atoms with Crippen molar-refractivity contribution in [1.82, 2.24) is 15.5 Å². The zero-order chi connectivity index (χ0) is 29.3. The molecule has 1 aliphatic heterocycles. The zero-order valence-corrected chi connectivity index (χ0v) is 25.6. The van der Waals surface area contributed by atoms with Gasteiger partial charge < -0.3 is 15.4 Å². The molecule has 0 aromatic heterocycles. The highest BCUT2D eigenvalue weighted by molar-refractivity contribution is 6.20. The quantitative estimate of drug-likeness (QED) is 0.219. The molecule has 0 spiro atoms. The Morgan fingerprint density at radius 1 is 1.00 bits per heavy atom. The third-order valence-electron chi connectivity index (χ3n) is 8.45. The van der Waals surface area contributed by atoms with E-state index >= 15 is 0 Å². The summed E-state index contributed by atoms with van der Waals surface area (Å²) in [7, 11) is 0. The van der Waals surface area contributed by atoms with Crippen LogP contribution in [0, 0.1) is 6.92 Å². The number of allylic oxidation sites excluding steroid dienone is 1. The van der Waals surface area contributed by atoms with Gasteiger partial charge in [-0.25, -0.2) is 0 Å². The molecule has 2 unspecified atom stereocenters. The molecule has 3 aromatic carbocycles. The minimum atomic E-state index is -0.0139. The van der Waals surface area contributed by atoms with E-state index in [-0.39, 0.29) is 12.0 Å². The molecule has 1 heterocycles. The lowest BCUT2D eigenvalue weighted by molar-refractivity contribution is -0.115. The summed E-state index contributed by atoms with van der Waals surface area (Å²) in [4.78, 5) is 15.9. The third kappa shape index (κ3) is 8.11. The maximum atomic E-state index is 13.4. The summed E-state index contributed by atoms with van der Waals surface area (Å²) in [5.41, 5.74) is 6.71. The number of unbranched alkanes of at least 4 members (excludes halogenated alkanes) is 1. The minimum Gasteiger partial charge on any atom is -0.491 e. The van der Waals surface area contributed by atoms with Crippen LogP contribution in [0.5, 0.6) is 5.75 Å². The minimum absolute atomic E-state index is 0.0139. The number of hydrogen-bond donors (Lipinski definition) is 2. The summed E-state index contributed by atoms with van der Waals surface area (Å²) >= 11 is 0. The van der Waals surface area contributed by atoms with E-state index in [2.05, 4.69) is 103 Å². The molecule has 1 amide bonds. The number of nitrogens with zero attached hydrogens (tertiary/aromatic N) is 1. The number of nitrogens with one attached hydrogen (secondary N) is 2. The predicted molar refractivity (Wildman–Crippen MR) is 173 cm³/mol. The van der Waals surface area contributed by atoms with Crippen LogP contribution in [-0.4, -0.2) is 42.6 Å². The van der Waals surface area contributed by atoms with Crippen LogP contribution in [0.4, 0.5) is 0 Å². The molecule has 1 fully saturated rings. The third-order valence-corrected chi connectivity index (χ3v) is 8.45. The van der Waals surface area contributed by atoms with Gasteiger partial charge in [0.25, 0.3) is 5.91 Å². The van der Waals surface area contributed by atoms with E-state index in [4.69, 9.17) is 4.74 Å². The largest absolute Gasteiger partial charge is 0.491 e. The van der Waals surface area contributed by atoms with E-state index < -0.39 is 0 Å². The fraction of sp³-hybridized carbons (Fsp3) is 0.432. The van der Waals surface area contributed by atoms with E-state index in [9.17, 15) is 4.79 Å². The lowest BCUT2D eigenvalue weighted by atomic mass is 9.79. The zero-order valence-electron chi connectivity index (χ0n) is 25.6. The Labute approximate surface area is 252 Å². The topological polar surface area (TPSA) is 53.6 Å². The Hall–Kier alpha value is -3.41. The normalized spacial score (nSPS) is 18.5. The molecule has 5 rings (SSSR count). The molecule has 42 heavy (non-hydrogen) atoms. The van der Waals surface area contributed by atoms with Crippen molar-refractivity contribution in [3.8, 4) is 5.75 Å². The Kier molecular flexibility index (Phi) is 10.5. The smallest absolute Gasteiger partial charge is 0.251 e. The number of carbonyl (C=O) groups excluding carboxylic acids is 1. The van der Waals surface area contributed by atoms with E-state index in [1.807, 2.05) is 12.1 Å². The fourth-order valence-electron chi connectivity index (χ4n) is 6.43. The average Bonchev–Trinajstić information content (AvgIpc) is 3.43. The van der Waals surface area contributed by atoms with Crippen LogP contribution >= 0.6 is 0 Å². The van der Waals surface area contributed by atoms with Crippen molar-refractivity contribution in [2.45, 2.75) is 84.0 Å². The Bertz CT molecular complexity index is 1350. The van der Waals surface area contributed by atoms with Crippen molar-refractivity contribution < 1.29 is 9.53 Å². The Balaban J connectivity index is 1.15. The van der Waals surface area contributed by atoms with Gasteiger partial charge in [0.15, 0.2) is 0 Å². The maximum Gasteiger partial charge on any atom is 0.251 e. The molecule has 0 saturated carbocycles. The van der Waals surface area contributed by atoms with Crippen molar-refractivity contribution in [3.05, 3.63) is 107 Å². The van der Waals surface area contributed by atoms with E-state index in [0.29, 0.717) is 18.5 Å². The molecule has 5 nitrogen and oxygen atoms in total. The van der Waals surface area contributed by atoms with Gasteiger partial charge in [-0.15, -0.1) is 0 Å². The fourth-order valence-corrected chi connectivity index (χ4v) is 6.43. The lowest BCUT2D eigenvalue weighted by Crippen LogP contribution is -2.33. The van der Waals surface area contributed by atoms with Crippen molar-refractivity contribution in [2.75, 3.05) is 19.6 Å². The van der Waals surface area contributed by atoms with Crippen LogP contribution in [0.2, 0.25) is 0 Å². The first kappa shape index (κ1) is 30.1. The number of hydrogen-bond acceptors (Lipinski definition) is 4. The van der Waals surface area contributed by atoms with Crippen LogP contribution < -0.4 is 15.4 Å². The SMILES string of the molecule is Cc1cccc(CNC(=O)C2=CCC(CCCCNC3CCN(Cc4ccccc4)C3)c3c(OC(C)C)cccc32)c1. The molecule has 0 bridgehead atoms. The van der Waals surface area contributed by atoms with Gasteiger partial charge in [0, 0.05) is 43.4 Å². The van der Waals surface area contributed by atoms with E-state index in [0.717, 1.165) is 74.3 Å². The van der Waals surface area contributed by atoms with Gasteiger partial charge in [-0.3, -0.25) is 9.69 Å². The molecule has 2 atom stereocenters.